The summed E-state index contributed by atoms with van der Waals surface area (Å²) < 4.78 is 21.6. The van der Waals surface area contributed by atoms with Crippen LogP contribution in [-0.2, 0) is 14.3 Å². The molecule has 0 radical (unpaired) electrons. The molecule has 1 aliphatic rings. The van der Waals surface area contributed by atoms with Gasteiger partial charge in [0, 0.05) is 19.3 Å². The molecule has 0 bridgehead atoms. The van der Waals surface area contributed by atoms with Gasteiger partial charge in [-0.1, -0.05) is 6.07 Å². The summed E-state index contributed by atoms with van der Waals surface area (Å²) in [6.45, 7) is 0.555. The van der Waals surface area contributed by atoms with Gasteiger partial charge >= 0.3 is 0 Å². The van der Waals surface area contributed by atoms with Crippen molar-refractivity contribution < 1.29 is 33.0 Å². The number of rotatable bonds is 11. The molecule has 0 saturated carbocycles. The number of nitrogens with zero attached hydrogens (tertiary/aromatic N) is 2. The molecule has 38 heavy (non-hydrogen) atoms. The molecule has 4 rings (SSSR count). The van der Waals surface area contributed by atoms with Gasteiger partial charge in [0.25, 0.3) is 5.91 Å². The average molecular weight is 523 g/mol. The minimum Gasteiger partial charge on any atom is -0.493 e. The van der Waals surface area contributed by atoms with Crippen molar-refractivity contribution in [2.75, 3.05) is 38.8 Å². The van der Waals surface area contributed by atoms with Crippen LogP contribution in [0.1, 0.15) is 35.0 Å². The predicted octanol–water partition coefficient (Wildman–Crippen LogP) is 2.49. The summed E-state index contributed by atoms with van der Waals surface area (Å²) in [4.78, 5) is 45.3. The van der Waals surface area contributed by atoms with Crippen LogP contribution in [0.2, 0.25) is 0 Å². The van der Waals surface area contributed by atoms with Crippen molar-refractivity contribution in [2.24, 2.45) is 0 Å². The molecule has 2 aromatic heterocycles. The minimum absolute atomic E-state index is 0.0662. The molecule has 1 saturated heterocycles. The van der Waals surface area contributed by atoms with Gasteiger partial charge in [0.05, 0.1) is 45.0 Å². The van der Waals surface area contributed by atoms with Gasteiger partial charge in [-0.3, -0.25) is 24.3 Å². The Labute approximate surface area is 220 Å². The Hall–Kier alpha value is -4.38. The Balaban J connectivity index is 1.68. The molecule has 3 heterocycles. The number of furan rings is 1. The van der Waals surface area contributed by atoms with E-state index < -0.39 is 30.3 Å². The van der Waals surface area contributed by atoms with E-state index >= 15 is 0 Å². The monoisotopic (exact) mass is 522 g/mol. The lowest BCUT2D eigenvalue weighted by atomic mass is 10.0. The standard InChI is InChI=1S/C27H30N4O7/c1-35-21-10-9-18(14-23(21)36-2)25(27(34)29-16-20-7-4-12-37-20)31(19-6-3-11-28-15-19)24(32)17-30-26(33)22-8-5-13-38-22/h3,5-6,8-11,13-15,20,25H,4,7,12,16-17H2,1-2H3,(H,29,34)(H,30,33)/t20-,25+/m0/s1. The fourth-order valence-electron chi connectivity index (χ4n) is 4.23. The zero-order valence-corrected chi connectivity index (χ0v) is 21.2. The number of anilines is 1. The van der Waals surface area contributed by atoms with Crippen molar-refractivity contribution in [1.29, 1.82) is 0 Å². The molecule has 0 spiro atoms. The molecule has 1 fully saturated rings. The highest BCUT2D eigenvalue weighted by atomic mass is 16.5. The van der Waals surface area contributed by atoms with E-state index in [-0.39, 0.29) is 11.9 Å². The van der Waals surface area contributed by atoms with E-state index in [1.807, 2.05) is 0 Å². The molecule has 3 amide bonds. The third kappa shape index (κ3) is 6.30. The quantitative estimate of drug-likeness (QED) is 0.393. The summed E-state index contributed by atoms with van der Waals surface area (Å²) in [7, 11) is 3.00. The van der Waals surface area contributed by atoms with Crippen LogP contribution in [0.4, 0.5) is 5.69 Å². The van der Waals surface area contributed by atoms with E-state index in [1.54, 1.807) is 42.6 Å². The Kier molecular flexibility index (Phi) is 8.94. The van der Waals surface area contributed by atoms with Crippen LogP contribution < -0.4 is 25.0 Å². The molecule has 2 atom stereocenters. The van der Waals surface area contributed by atoms with Gasteiger partial charge in [0.15, 0.2) is 17.3 Å². The second kappa shape index (κ2) is 12.7. The summed E-state index contributed by atoms with van der Waals surface area (Å²) in [6, 6.07) is 10.3. The van der Waals surface area contributed by atoms with Crippen molar-refractivity contribution in [2.45, 2.75) is 25.0 Å². The maximum Gasteiger partial charge on any atom is 0.287 e. The summed E-state index contributed by atoms with van der Waals surface area (Å²) >= 11 is 0. The summed E-state index contributed by atoms with van der Waals surface area (Å²) in [5, 5.41) is 5.49. The van der Waals surface area contributed by atoms with Crippen LogP contribution in [-0.4, -0.2) is 62.7 Å². The lowest BCUT2D eigenvalue weighted by Crippen LogP contribution is -2.48. The molecule has 2 N–H and O–H groups in total. The summed E-state index contributed by atoms with van der Waals surface area (Å²) in [5.74, 6) is -0.588. The third-order valence-electron chi connectivity index (χ3n) is 6.10. The van der Waals surface area contributed by atoms with Gasteiger partial charge < -0.3 is 29.3 Å². The van der Waals surface area contributed by atoms with E-state index in [4.69, 9.17) is 18.6 Å². The smallest absolute Gasteiger partial charge is 0.287 e. The molecule has 11 nitrogen and oxygen atoms in total. The molecular weight excluding hydrogens is 492 g/mol. The Bertz CT molecular complexity index is 1230. The van der Waals surface area contributed by atoms with E-state index in [0.29, 0.717) is 35.9 Å². The number of hydrogen-bond acceptors (Lipinski definition) is 8. The van der Waals surface area contributed by atoms with Crippen molar-refractivity contribution in [1.82, 2.24) is 15.6 Å². The molecular formula is C27H30N4O7. The van der Waals surface area contributed by atoms with Crippen LogP contribution >= 0.6 is 0 Å². The number of benzene rings is 1. The number of carbonyl (C=O) groups is 3. The Morgan fingerprint density at radius 3 is 2.61 bits per heavy atom. The maximum absolute atomic E-state index is 13.7. The fourth-order valence-corrected chi connectivity index (χ4v) is 4.23. The highest BCUT2D eigenvalue weighted by Gasteiger charge is 2.34. The SMILES string of the molecule is COc1ccc([C@H](C(=O)NC[C@@H]2CCCO2)N(C(=O)CNC(=O)c2ccco2)c2cccnc2)cc1OC. The van der Waals surface area contributed by atoms with Gasteiger partial charge in [-0.05, 0) is 54.8 Å². The molecule has 1 aliphatic heterocycles. The van der Waals surface area contributed by atoms with E-state index in [0.717, 1.165) is 12.8 Å². The normalized spacial score (nSPS) is 15.4. The zero-order chi connectivity index (χ0) is 26.9. The van der Waals surface area contributed by atoms with Crippen LogP contribution in [0.3, 0.4) is 0 Å². The van der Waals surface area contributed by atoms with Crippen molar-refractivity contribution in [3.63, 3.8) is 0 Å². The van der Waals surface area contributed by atoms with Gasteiger partial charge in [0.1, 0.15) is 6.04 Å². The third-order valence-corrected chi connectivity index (χ3v) is 6.10. The van der Waals surface area contributed by atoms with Gasteiger partial charge in [-0.25, -0.2) is 0 Å². The second-order valence-corrected chi connectivity index (χ2v) is 8.53. The topological polar surface area (TPSA) is 132 Å². The predicted molar refractivity (Wildman–Crippen MR) is 137 cm³/mol. The molecule has 11 heteroatoms. The first-order chi connectivity index (χ1) is 18.5. The number of carbonyl (C=O) groups excluding carboxylic acids is 3. The Morgan fingerprint density at radius 1 is 1.11 bits per heavy atom. The largest absolute Gasteiger partial charge is 0.493 e. The molecule has 1 aromatic carbocycles. The van der Waals surface area contributed by atoms with Crippen LogP contribution in [0.25, 0.3) is 0 Å². The first-order valence-electron chi connectivity index (χ1n) is 12.2. The van der Waals surface area contributed by atoms with Crippen LogP contribution in [0.5, 0.6) is 11.5 Å². The minimum atomic E-state index is -1.12. The van der Waals surface area contributed by atoms with Crippen molar-refractivity contribution in [3.05, 3.63) is 72.4 Å². The van der Waals surface area contributed by atoms with Gasteiger partial charge in [-0.2, -0.15) is 0 Å². The number of amides is 3. The lowest BCUT2D eigenvalue weighted by Gasteiger charge is -2.32. The average Bonchev–Trinajstić information content (AvgIpc) is 3.68. The zero-order valence-electron chi connectivity index (χ0n) is 21.2. The van der Waals surface area contributed by atoms with Gasteiger partial charge in [-0.15, -0.1) is 0 Å². The number of ether oxygens (including phenoxy) is 3. The highest BCUT2D eigenvalue weighted by Crippen LogP contribution is 2.34. The van der Waals surface area contributed by atoms with Crippen molar-refractivity contribution >= 4 is 23.4 Å². The first-order valence-corrected chi connectivity index (χ1v) is 12.2. The van der Waals surface area contributed by atoms with E-state index in [2.05, 4.69) is 15.6 Å². The number of pyridine rings is 1. The summed E-state index contributed by atoms with van der Waals surface area (Å²) in [6.07, 6.45) is 6.08. The fraction of sp³-hybridized carbons (Fsp3) is 0.333. The number of nitrogens with one attached hydrogen (secondary N) is 2. The van der Waals surface area contributed by atoms with E-state index in [1.165, 1.54) is 37.6 Å². The Morgan fingerprint density at radius 2 is 1.95 bits per heavy atom. The number of aromatic nitrogens is 1. The summed E-state index contributed by atoms with van der Waals surface area (Å²) in [5.41, 5.74) is 0.846. The molecule has 0 aliphatic carbocycles. The number of hydrogen-bond donors (Lipinski definition) is 2. The second-order valence-electron chi connectivity index (χ2n) is 8.53. The first kappa shape index (κ1) is 26.7. The van der Waals surface area contributed by atoms with E-state index in [9.17, 15) is 14.4 Å². The van der Waals surface area contributed by atoms with Crippen molar-refractivity contribution in [3.8, 4) is 11.5 Å². The molecule has 200 valence electrons. The molecule has 0 unspecified atom stereocenters. The lowest BCUT2D eigenvalue weighted by molar-refractivity contribution is -0.126. The van der Waals surface area contributed by atoms with Gasteiger partial charge in [0.2, 0.25) is 11.8 Å². The number of methoxy groups -OCH3 is 2. The van der Waals surface area contributed by atoms with Crippen LogP contribution in [0, 0.1) is 0 Å². The maximum atomic E-state index is 13.7. The molecule has 3 aromatic rings. The highest BCUT2D eigenvalue weighted by molar-refractivity contribution is 6.04. The van der Waals surface area contributed by atoms with Crippen LogP contribution in [0.15, 0.2) is 65.5 Å².